The van der Waals surface area contributed by atoms with E-state index in [9.17, 15) is 0 Å². The Morgan fingerprint density at radius 2 is 2.29 bits per heavy atom. The third kappa shape index (κ3) is 1.98. The van der Waals surface area contributed by atoms with Crippen molar-refractivity contribution in [2.24, 2.45) is 17.6 Å². The molecule has 2 N–H and O–H groups in total. The molecule has 2 unspecified atom stereocenters. The first kappa shape index (κ1) is 9.71. The number of nitrogens with two attached hydrogens (primary N) is 1. The summed E-state index contributed by atoms with van der Waals surface area (Å²) >= 11 is 0. The van der Waals surface area contributed by atoms with Crippen molar-refractivity contribution in [1.82, 2.24) is 9.55 Å². The maximum Gasteiger partial charge on any atom is 0.0948 e. The van der Waals surface area contributed by atoms with Crippen LogP contribution in [0.15, 0.2) is 12.5 Å². The Morgan fingerprint density at radius 1 is 1.57 bits per heavy atom. The molecule has 0 radical (unpaired) electrons. The molecule has 0 amide bonds. The van der Waals surface area contributed by atoms with E-state index in [4.69, 9.17) is 5.73 Å². The molecule has 1 saturated carbocycles. The van der Waals surface area contributed by atoms with Crippen LogP contribution in [0.3, 0.4) is 0 Å². The average Bonchev–Trinajstić information content (AvgIpc) is 2.87. The Bertz CT molecular complexity index is 299. The van der Waals surface area contributed by atoms with Crippen LogP contribution in [-0.4, -0.2) is 9.55 Å². The van der Waals surface area contributed by atoms with Gasteiger partial charge in [0.25, 0.3) is 0 Å². The van der Waals surface area contributed by atoms with E-state index in [1.54, 1.807) is 0 Å². The van der Waals surface area contributed by atoms with Crippen LogP contribution < -0.4 is 5.73 Å². The minimum absolute atomic E-state index is 0.0869. The van der Waals surface area contributed by atoms with Gasteiger partial charge in [0.1, 0.15) is 0 Å². The molecule has 0 bridgehead atoms. The van der Waals surface area contributed by atoms with Gasteiger partial charge in [0.05, 0.1) is 12.0 Å². The molecule has 3 heteroatoms. The van der Waals surface area contributed by atoms with E-state index in [1.165, 1.54) is 12.8 Å². The minimum atomic E-state index is 0.0869. The van der Waals surface area contributed by atoms with Gasteiger partial charge < -0.3 is 10.3 Å². The van der Waals surface area contributed by atoms with Crippen molar-refractivity contribution in [3.05, 3.63) is 18.2 Å². The zero-order valence-electron chi connectivity index (χ0n) is 8.98. The molecule has 1 aromatic heterocycles. The third-order valence-electron chi connectivity index (χ3n) is 3.12. The van der Waals surface area contributed by atoms with Crippen LogP contribution in [0.1, 0.15) is 38.4 Å². The fourth-order valence-corrected chi connectivity index (χ4v) is 1.99. The molecule has 1 aliphatic rings. The van der Waals surface area contributed by atoms with Gasteiger partial charge in [0.15, 0.2) is 0 Å². The molecule has 2 atom stereocenters. The predicted octanol–water partition coefficient (Wildman–Crippen LogP) is 1.95. The molecule has 1 aromatic rings. The molecule has 1 heterocycles. The summed E-state index contributed by atoms with van der Waals surface area (Å²) in [5.41, 5.74) is 7.02. The summed E-state index contributed by atoms with van der Waals surface area (Å²) in [7, 11) is 0. The van der Waals surface area contributed by atoms with Gasteiger partial charge >= 0.3 is 0 Å². The number of hydrogen-bond acceptors (Lipinski definition) is 2. The molecule has 2 rings (SSSR count). The van der Waals surface area contributed by atoms with Crippen LogP contribution in [-0.2, 0) is 6.54 Å². The second-order valence-electron chi connectivity index (χ2n) is 4.57. The normalized spacial score (nSPS) is 20.8. The van der Waals surface area contributed by atoms with Crippen molar-refractivity contribution in [3.8, 4) is 0 Å². The number of imidazole rings is 1. The summed E-state index contributed by atoms with van der Waals surface area (Å²) in [6.45, 7) is 5.40. The molecule has 0 spiro atoms. The molecule has 1 fully saturated rings. The SMILES string of the molecule is CC(N)c1cncn1CC(C)C1CC1. The molecule has 0 aromatic carbocycles. The Morgan fingerprint density at radius 3 is 2.86 bits per heavy atom. The molecule has 0 aliphatic heterocycles. The fraction of sp³-hybridized carbons (Fsp3) is 0.727. The van der Waals surface area contributed by atoms with Crippen LogP contribution in [0.4, 0.5) is 0 Å². The van der Waals surface area contributed by atoms with Crippen molar-refractivity contribution >= 4 is 0 Å². The lowest BCUT2D eigenvalue weighted by atomic mass is 10.1. The van der Waals surface area contributed by atoms with E-state index in [1.807, 2.05) is 19.4 Å². The van der Waals surface area contributed by atoms with Gasteiger partial charge in [-0.3, -0.25) is 0 Å². The van der Waals surface area contributed by atoms with Gasteiger partial charge in [-0.05, 0) is 31.6 Å². The van der Waals surface area contributed by atoms with Crippen LogP contribution in [0.5, 0.6) is 0 Å². The molecular formula is C11H19N3. The Kier molecular flexibility index (Phi) is 2.59. The average molecular weight is 193 g/mol. The van der Waals surface area contributed by atoms with Crippen LogP contribution in [0.25, 0.3) is 0 Å². The molecule has 3 nitrogen and oxygen atoms in total. The van der Waals surface area contributed by atoms with Crippen molar-refractivity contribution in [2.75, 3.05) is 0 Å². The Labute approximate surface area is 85.3 Å². The van der Waals surface area contributed by atoms with Crippen LogP contribution >= 0.6 is 0 Å². The summed E-state index contributed by atoms with van der Waals surface area (Å²) in [6, 6.07) is 0.0869. The highest BCUT2D eigenvalue weighted by Gasteiger charge is 2.28. The van der Waals surface area contributed by atoms with Crippen molar-refractivity contribution < 1.29 is 0 Å². The van der Waals surface area contributed by atoms with E-state index >= 15 is 0 Å². The zero-order valence-corrected chi connectivity index (χ0v) is 8.98. The lowest BCUT2D eigenvalue weighted by Gasteiger charge is -2.15. The number of nitrogens with zero attached hydrogens (tertiary/aromatic N) is 2. The van der Waals surface area contributed by atoms with E-state index in [0.29, 0.717) is 0 Å². The third-order valence-corrected chi connectivity index (χ3v) is 3.12. The number of aromatic nitrogens is 2. The highest BCUT2D eigenvalue weighted by atomic mass is 15.1. The van der Waals surface area contributed by atoms with Crippen LogP contribution in [0.2, 0.25) is 0 Å². The summed E-state index contributed by atoms with van der Waals surface area (Å²) < 4.78 is 2.20. The quantitative estimate of drug-likeness (QED) is 0.794. The highest BCUT2D eigenvalue weighted by molar-refractivity contribution is 5.03. The molecule has 78 valence electrons. The van der Waals surface area contributed by atoms with Crippen LogP contribution in [0, 0.1) is 11.8 Å². The van der Waals surface area contributed by atoms with E-state index < -0.39 is 0 Å². The van der Waals surface area contributed by atoms with Gasteiger partial charge in [-0.1, -0.05) is 6.92 Å². The van der Waals surface area contributed by atoms with Crippen molar-refractivity contribution in [3.63, 3.8) is 0 Å². The molecular weight excluding hydrogens is 174 g/mol. The van der Waals surface area contributed by atoms with E-state index in [-0.39, 0.29) is 6.04 Å². The largest absolute Gasteiger partial charge is 0.333 e. The first-order chi connectivity index (χ1) is 6.68. The Balaban J connectivity index is 2.03. The second kappa shape index (κ2) is 3.73. The standard InChI is InChI=1S/C11H19N3/c1-8(10-3-4-10)6-14-7-13-5-11(14)9(2)12/h5,7-10H,3-4,6,12H2,1-2H3. The number of hydrogen-bond donors (Lipinski definition) is 1. The Hall–Kier alpha value is -0.830. The fourth-order valence-electron chi connectivity index (χ4n) is 1.99. The predicted molar refractivity (Wildman–Crippen MR) is 56.7 cm³/mol. The molecule has 0 saturated heterocycles. The summed E-state index contributed by atoms with van der Waals surface area (Å²) in [6.07, 6.45) is 6.59. The first-order valence-corrected chi connectivity index (χ1v) is 5.44. The summed E-state index contributed by atoms with van der Waals surface area (Å²) in [5, 5.41) is 0. The minimum Gasteiger partial charge on any atom is -0.333 e. The topological polar surface area (TPSA) is 43.8 Å². The lowest BCUT2D eigenvalue weighted by molar-refractivity contribution is 0.419. The number of rotatable bonds is 4. The van der Waals surface area contributed by atoms with Gasteiger partial charge in [-0.25, -0.2) is 4.98 Å². The van der Waals surface area contributed by atoms with Crippen molar-refractivity contribution in [1.29, 1.82) is 0 Å². The zero-order chi connectivity index (χ0) is 10.1. The van der Waals surface area contributed by atoms with Gasteiger partial charge in [-0.2, -0.15) is 0 Å². The summed E-state index contributed by atoms with van der Waals surface area (Å²) in [4.78, 5) is 4.16. The maximum absolute atomic E-state index is 5.87. The smallest absolute Gasteiger partial charge is 0.0948 e. The summed E-state index contributed by atoms with van der Waals surface area (Å²) in [5.74, 6) is 1.71. The van der Waals surface area contributed by atoms with Gasteiger partial charge in [0.2, 0.25) is 0 Å². The van der Waals surface area contributed by atoms with Gasteiger partial charge in [-0.15, -0.1) is 0 Å². The lowest BCUT2D eigenvalue weighted by Crippen LogP contribution is -2.15. The monoisotopic (exact) mass is 193 g/mol. The first-order valence-electron chi connectivity index (χ1n) is 5.44. The molecule has 1 aliphatic carbocycles. The van der Waals surface area contributed by atoms with Crippen molar-refractivity contribution in [2.45, 2.75) is 39.3 Å². The van der Waals surface area contributed by atoms with Gasteiger partial charge in [0, 0.05) is 18.8 Å². The van der Waals surface area contributed by atoms with E-state index in [2.05, 4.69) is 16.5 Å². The maximum atomic E-state index is 5.87. The molecule has 14 heavy (non-hydrogen) atoms. The van der Waals surface area contributed by atoms with E-state index in [0.717, 1.165) is 24.1 Å². The highest BCUT2D eigenvalue weighted by Crippen LogP contribution is 2.37. The second-order valence-corrected chi connectivity index (χ2v) is 4.57.